The van der Waals surface area contributed by atoms with Gasteiger partial charge in [-0.3, -0.25) is 9.48 Å². The van der Waals surface area contributed by atoms with Gasteiger partial charge in [0.15, 0.2) is 5.69 Å². The molecule has 146 valence electrons. The number of benzene rings is 1. The lowest BCUT2D eigenvalue weighted by atomic mass is 10.1. The molecule has 27 heavy (non-hydrogen) atoms. The van der Waals surface area contributed by atoms with E-state index in [1.54, 1.807) is 0 Å². The summed E-state index contributed by atoms with van der Waals surface area (Å²) in [6.07, 6.45) is 3.84. The fourth-order valence-corrected chi connectivity index (χ4v) is 3.56. The molecule has 1 aromatic heterocycles. The number of nitrogens with one attached hydrogen (secondary N) is 1. The van der Waals surface area contributed by atoms with Crippen LogP contribution >= 0.6 is 0 Å². The summed E-state index contributed by atoms with van der Waals surface area (Å²) in [6, 6.07) is 10.0. The molecule has 5 nitrogen and oxygen atoms in total. The first-order valence-electron chi connectivity index (χ1n) is 10.0. The van der Waals surface area contributed by atoms with E-state index in [2.05, 4.69) is 62.1 Å². The lowest BCUT2D eigenvalue weighted by Gasteiger charge is -2.28. The molecule has 0 unspecified atom stereocenters. The standard InChI is InChI=1S/C22H32N4O/c1-16(2)20-15-19(24-26(20)22(3,4)5)21(27)23-17-9-11-18(12-10-17)25-13-7-6-8-14-25/h9-12,15-16H,6-8,13-14H2,1-5H3,(H,23,27). The van der Waals surface area contributed by atoms with Gasteiger partial charge in [-0.25, -0.2) is 0 Å². The minimum absolute atomic E-state index is 0.159. The van der Waals surface area contributed by atoms with Crippen LogP contribution in [-0.4, -0.2) is 28.8 Å². The second-order valence-electron chi connectivity index (χ2n) is 8.74. The molecule has 1 aliphatic rings. The van der Waals surface area contributed by atoms with Gasteiger partial charge in [0.05, 0.1) is 5.54 Å². The molecule has 0 bridgehead atoms. The third-order valence-corrected chi connectivity index (χ3v) is 5.04. The zero-order chi connectivity index (χ0) is 19.6. The van der Waals surface area contributed by atoms with Gasteiger partial charge in [0.2, 0.25) is 0 Å². The molecule has 1 aromatic carbocycles. The average molecular weight is 369 g/mol. The summed E-state index contributed by atoms with van der Waals surface area (Å²) in [5, 5.41) is 7.57. The molecule has 0 aliphatic carbocycles. The third-order valence-electron chi connectivity index (χ3n) is 5.04. The summed E-state index contributed by atoms with van der Waals surface area (Å²) >= 11 is 0. The first-order chi connectivity index (χ1) is 12.8. The summed E-state index contributed by atoms with van der Waals surface area (Å²) in [4.78, 5) is 15.1. The van der Waals surface area contributed by atoms with Crippen molar-refractivity contribution >= 4 is 17.3 Å². The van der Waals surface area contributed by atoms with Crippen molar-refractivity contribution in [2.24, 2.45) is 0 Å². The van der Waals surface area contributed by atoms with Crippen molar-refractivity contribution in [1.29, 1.82) is 0 Å². The maximum Gasteiger partial charge on any atom is 0.276 e. The minimum atomic E-state index is -0.161. The highest BCUT2D eigenvalue weighted by Crippen LogP contribution is 2.25. The molecule has 1 aliphatic heterocycles. The molecular formula is C22H32N4O. The number of amides is 1. The monoisotopic (exact) mass is 368 g/mol. The number of anilines is 2. The van der Waals surface area contributed by atoms with E-state index in [1.165, 1.54) is 24.9 Å². The van der Waals surface area contributed by atoms with Crippen LogP contribution in [0.2, 0.25) is 0 Å². The highest BCUT2D eigenvalue weighted by molar-refractivity contribution is 6.03. The van der Waals surface area contributed by atoms with E-state index in [0.717, 1.165) is 24.5 Å². The van der Waals surface area contributed by atoms with Gasteiger partial charge in [-0.1, -0.05) is 13.8 Å². The Morgan fingerprint density at radius 1 is 1.07 bits per heavy atom. The van der Waals surface area contributed by atoms with E-state index in [0.29, 0.717) is 11.6 Å². The van der Waals surface area contributed by atoms with Gasteiger partial charge in [0, 0.05) is 30.2 Å². The first-order valence-corrected chi connectivity index (χ1v) is 10.0. The lowest BCUT2D eigenvalue weighted by Crippen LogP contribution is -2.29. The Kier molecular flexibility index (Phi) is 5.59. The molecule has 0 saturated carbocycles. The van der Waals surface area contributed by atoms with Crippen LogP contribution in [0, 0.1) is 0 Å². The Balaban J connectivity index is 1.73. The largest absolute Gasteiger partial charge is 0.372 e. The Labute approximate surface area is 162 Å². The lowest BCUT2D eigenvalue weighted by molar-refractivity contribution is 0.102. The topological polar surface area (TPSA) is 50.2 Å². The molecule has 0 radical (unpaired) electrons. The zero-order valence-corrected chi connectivity index (χ0v) is 17.2. The van der Waals surface area contributed by atoms with Crippen LogP contribution in [0.25, 0.3) is 0 Å². The Morgan fingerprint density at radius 2 is 1.70 bits per heavy atom. The summed E-state index contributed by atoms with van der Waals surface area (Å²) in [5.41, 5.74) is 3.42. The maximum atomic E-state index is 12.7. The van der Waals surface area contributed by atoms with Crippen molar-refractivity contribution in [1.82, 2.24) is 9.78 Å². The molecule has 1 fully saturated rings. The van der Waals surface area contributed by atoms with Crippen LogP contribution in [0.3, 0.4) is 0 Å². The maximum absolute atomic E-state index is 12.7. The van der Waals surface area contributed by atoms with Crippen LogP contribution in [0.5, 0.6) is 0 Å². The number of carbonyl (C=O) groups is 1. The Bertz CT molecular complexity index is 778. The molecule has 0 spiro atoms. The van der Waals surface area contributed by atoms with Crippen LogP contribution in [0.4, 0.5) is 11.4 Å². The van der Waals surface area contributed by atoms with Gasteiger partial charge in [-0.2, -0.15) is 5.10 Å². The van der Waals surface area contributed by atoms with Gasteiger partial charge < -0.3 is 10.2 Å². The van der Waals surface area contributed by atoms with Gasteiger partial charge in [-0.15, -0.1) is 0 Å². The van der Waals surface area contributed by atoms with E-state index < -0.39 is 0 Å². The summed E-state index contributed by atoms with van der Waals surface area (Å²) < 4.78 is 1.96. The highest BCUT2D eigenvalue weighted by Gasteiger charge is 2.23. The molecule has 3 rings (SSSR count). The fourth-order valence-electron chi connectivity index (χ4n) is 3.56. The number of hydrogen-bond acceptors (Lipinski definition) is 3. The summed E-state index contributed by atoms with van der Waals surface area (Å²) in [6.45, 7) is 12.8. The second kappa shape index (κ2) is 7.75. The molecule has 5 heteroatoms. The molecule has 2 aromatic rings. The van der Waals surface area contributed by atoms with Crippen LogP contribution in [0.1, 0.15) is 76.0 Å². The smallest absolute Gasteiger partial charge is 0.276 e. The van der Waals surface area contributed by atoms with Gasteiger partial charge in [-0.05, 0) is 76.3 Å². The van der Waals surface area contributed by atoms with E-state index in [-0.39, 0.29) is 11.4 Å². The third kappa shape index (κ3) is 4.52. The molecule has 2 heterocycles. The number of rotatable bonds is 4. The molecule has 1 amide bonds. The van der Waals surface area contributed by atoms with Crippen molar-refractivity contribution in [3.63, 3.8) is 0 Å². The van der Waals surface area contributed by atoms with Crippen molar-refractivity contribution < 1.29 is 4.79 Å². The van der Waals surface area contributed by atoms with E-state index in [1.807, 2.05) is 22.9 Å². The highest BCUT2D eigenvalue weighted by atomic mass is 16.2. The van der Waals surface area contributed by atoms with Crippen molar-refractivity contribution in [2.45, 2.75) is 65.3 Å². The van der Waals surface area contributed by atoms with E-state index in [4.69, 9.17) is 0 Å². The van der Waals surface area contributed by atoms with Crippen LogP contribution < -0.4 is 10.2 Å². The minimum Gasteiger partial charge on any atom is -0.372 e. The molecule has 1 N–H and O–H groups in total. The fraction of sp³-hybridized carbons (Fsp3) is 0.545. The Morgan fingerprint density at radius 3 is 2.22 bits per heavy atom. The van der Waals surface area contributed by atoms with Gasteiger partial charge in [0.25, 0.3) is 5.91 Å². The predicted octanol–water partition coefficient (Wildman–Crippen LogP) is 5.00. The second-order valence-corrected chi connectivity index (χ2v) is 8.74. The summed E-state index contributed by atoms with van der Waals surface area (Å²) in [5.74, 6) is 0.146. The van der Waals surface area contributed by atoms with Gasteiger partial charge >= 0.3 is 0 Å². The number of hydrogen-bond donors (Lipinski definition) is 1. The van der Waals surface area contributed by atoms with Crippen molar-refractivity contribution in [2.75, 3.05) is 23.3 Å². The number of piperidine rings is 1. The Hall–Kier alpha value is -2.30. The average Bonchev–Trinajstić information content (AvgIpc) is 3.09. The first kappa shape index (κ1) is 19.5. The predicted molar refractivity (Wildman–Crippen MR) is 112 cm³/mol. The normalized spacial score (nSPS) is 15.3. The SMILES string of the molecule is CC(C)c1cc(C(=O)Nc2ccc(N3CCCCC3)cc2)nn1C(C)(C)C. The van der Waals surface area contributed by atoms with Crippen molar-refractivity contribution in [3.8, 4) is 0 Å². The number of nitrogens with zero attached hydrogens (tertiary/aromatic N) is 3. The van der Waals surface area contributed by atoms with Gasteiger partial charge in [0.1, 0.15) is 0 Å². The quantitative estimate of drug-likeness (QED) is 0.826. The van der Waals surface area contributed by atoms with Crippen LogP contribution in [-0.2, 0) is 5.54 Å². The van der Waals surface area contributed by atoms with Crippen LogP contribution in [0.15, 0.2) is 30.3 Å². The number of aromatic nitrogens is 2. The van der Waals surface area contributed by atoms with E-state index >= 15 is 0 Å². The molecule has 0 atom stereocenters. The zero-order valence-electron chi connectivity index (χ0n) is 17.2. The molecular weight excluding hydrogens is 336 g/mol. The van der Waals surface area contributed by atoms with Crippen molar-refractivity contribution in [3.05, 3.63) is 41.7 Å². The molecule has 1 saturated heterocycles. The number of carbonyl (C=O) groups excluding carboxylic acids is 1. The summed E-state index contributed by atoms with van der Waals surface area (Å²) in [7, 11) is 0. The van der Waals surface area contributed by atoms with E-state index in [9.17, 15) is 4.79 Å².